The number of allylic oxidation sites excluding steroid dienone is 12. The standard InChI is InChI=1S/C47H72N2O16/c1-27-17-15-13-11-9-7-5-6-8-10-12-14-16-18-34(63-45-44(58)40(48)43(57)30(4)62-45)24-37-41-38(64-46(59)49-41)26-47(60,65-37)25-33(52)22-36(54)35(53)20-19-31(50)21-32(51)23-39(55)61-29(3)28(2)42(27)56/h5-18,27-38,40-45,50-54,56-58,60H,19-26,48H2,1-4H3,(H,49,59)/b6-5+,9-7+,10-8+,13-11+,14-12+,17-15+,18-16+/t27-,28-,29-,30+,31+,32?,33?,34-,35+,36?,37?,38?,40-,41-,42+,43+,44-,45-,47+/m0/s1. The number of fused-ring (bicyclic) bond motifs is 4. The number of cyclic esters (lactones) is 1. The first-order valence-corrected chi connectivity index (χ1v) is 22.5. The van der Waals surface area contributed by atoms with Gasteiger partial charge in [-0.3, -0.25) is 4.79 Å². The van der Waals surface area contributed by atoms with Crippen molar-refractivity contribution in [3.8, 4) is 0 Å². The molecular weight excluding hydrogens is 849 g/mol. The van der Waals surface area contributed by atoms with Crippen LogP contribution in [0.25, 0.3) is 0 Å². The number of alkyl carbamates (subject to hydrolysis) is 1. The van der Waals surface area contributed by atoms with Gasteiger partial charge in [-0.2, -0.15) is 0 Å². The first kappa shape index (κ1) is 54.0. The highest BCUT2D eigenvalue weighted by molar-refractivity contribution is 5.70. The van der Waals surface area contributed by atoms with Crippen LogP contribution in [0.15, 0.2) is 85.1 Å². The largest absolute Gasteiger partial charge is 0.462 e. The van der Waals surface area contributed by atoms with Gasteiger partial charge in [0, 0.05) is 37.5 Å². The van der Waals surface area contributed by atoms with E-state index >= 15 is 0 Å². The number of nitrogens with one attached hydrogen (secondary N) is 1. The zero-order valence-corrected chi connectivity index (χ0v) is 37.6. The molecule has 0 aromatic carbocycles. The van der Waals surface area contributed by atoms with Crippen LogP contribution in [0.4, 0.5) is 4.79 Å². The van der Waals surface area contributed by atoms with Crippen molar-refractivity contribution in [1.82, 2.24) is 5.32 Å². The number of rotatable bonds is 2. The molecule has 4 aliphatic rings. The van der Waals surface area contributed by atoms with Crippen LogP contribution in [-0.4, -0.2) is 162 Å². The van der Waals surface area contributed by atoms with Crippen molar-refractivity contribution in [2.75, 3.05) is 0 Å². The van der Waals surface area contributed by atoms with E-state index in [1.54, 1.807) is 51.2 Å². The Morgan fingerprint density at radius 1 is 0.646 bits per heavy atom. The summed E-state index contributed by atoms with van der Waals surface area (Å²) in [6.07, 6.45) is 6.59. The van der Waals surface area contributed by atoms with E-state index in [0.29, 0.717) is 0 Å². The lowest BCUT2D eigenvalue weighted by molar-refractivity contribution is -0.298. The molecule has 19 atom stereocenters. The van der Waals surface area contributed by atoms with E-state index in [1.807, 2.05) is 61.6 Å². The number of aliphatic hydroxyl groups is 9. The zero-order chi connectivity index (χ0) is 47.8. The van der Waals surface area contributed by atoms with Gasteiger partial charge in [-0.1, -0.05) is 98.9 Å². The first-order valence-electron chi connectivity index (χ1n) is 22.5. The predicted octanol–water partition coefficient (Wildman–Crippen LogP) is 1.13. The third kappa shape index (κ3) is 17.2. The van der Waals surface area contributed by atoms with Crippen molar-refractivity contribution in [2.45, 2.75) is 183 Å². The third-order valence-corrected chi connectivity index (χ3v) is 12.3. The Morgan fingerprint density at radius 3 is 1.88 bits per heavy atom. The number of carbonyl (C=O) groups excluding carboxylic acids is 2. The fourth-order valence-electron chi connectivity index (χ4n) is 8.23. The van der Waals surface area contributed by atoms with Crippen molar-refractivity contribution in [2.24, 2.45) is 17.6 Å². The third-order valence-electron chi connectivity index (χ3n) is 12.3. The van der Waals surface area contributed by atoms with Gasteiger partial charge < -0.3 is 80.7 Å². The monoisotopic (exact) mass is 920 g/mol. The number of amides is 1. The van der Waals surface area contributed by atoms with E-state index in [2.05, 4.69) is 5.32 Å². The molecule has 65 heavy (non-hydrogen) atoms. The van der Waals surface area contributed by atoms with E-state index in [1.165, 1.54) is 0 Å². The van der Waals surface area contributed by atoms with Gasteiger partial charge in [-0.25, -0.2) is 4.79 Å². The lowest BCUT2D eigenvalue weighted by Gasteiger charge is -2.44. The van der Waals surface area contributed by atoms with E-state index in [9.17, 15) is 55.5 Å². The number of nitrogens with two attached hydrogens (primary N) is 1. The Balaban J connectivity index is 1.53. The number of ether oxygens (including phenoxy) is 5. The number of esters is 1. The molecule has 0 aromatic rings. The molecule has 4 aliphatic heterocycles. The predicted molar refractivity (Wildman–Crippen MR) is 237 cm³/mol. The summed E-state index contributed by atoms with van der Waals surface area (Å²) in [4.78, 5) is 25.1. The van der Waals surface area contributed by atoms with Crippen LogP contribution >= 0.6 is 0 Å². The van der Waals surface area contributed by atoms with Crippen molar-refractivity contribution in [3.05, 3.63) is 85.1 Å². The Labute approximate surface area is 381 Å². The second-order valence-corrected chi connectivity index (χ2v) is 17.8. The van der Waals surface area contributed by atoms with E-state index < -0.39 is 141 Å². The molecule has 3 saturated heterocycles. The molecule has 18 nitrogen and oxygen atoms in total. The molecular formula is C47H72N2O16. The summed E-state index contributed by atoms with van der Waals surface area (Å²) in [5.41, 5.74) is 6.07. The Bertz CT molecular complexity index is 1700. The first-order chi connectivity index (χ1) is 30.8. The molecule has 4 heterocycles. The zero-order valence-electron chi connectivity index (χ0n) is 37.6. The molecule has 18 heteroatoms. The minimum absolute atomic E-state index is 0.0414. The minimum Gasteiger partial charge on any atom is -0.462 e. The summed E-state index contributed by atoms with van der Waals surface area (Å²) in [7, 11) is 0. The quantitative estimate of drug-likeness (QED) is 0.173. The molecule has 0 radical (unpaired) electrons. The Kier molecular flexibility index (Phi) is 21.7. The number of hydrogen-bond donors (Lipinski definition) is 11. The van der Waals surface area contributed by atoms with Gasteiger partial charge in [0.15, 0.2) is 12.1 Å². The lowest BCUT2D eigenvalue weighted by atomic mass is 9.87. The summed E-state index contributed by atoms with van der Waals surface area (Å²) >= 11 is 0. The second-order valence-electron chi connectivity index (χ2n) is 17.8. The van der Waals surface area contributed by atoms with Crippen LogP contribution in [0.1, 0.15) is 79.1 Å². The average Bonchev–Trinajstić information content (AvgIpc) is 3.61. The van der Waals surface area contributed by atoms with Crippen molar-refractivity contribution in [1.29, 1.82) is 0 Å². The second kappa shape index (κ2) is 26.1. The van der Waals surface area contributed by atoms with Crippen LogP contribution in [0, 0.1) is 11.8 Å². The molecule has 1 amide bonds. The SMILES string of the molecule is C[C@@H]1[C@H](O)[C@@H](C)/C=C/C=C/C=C/C=C/C=C/C=C/C=C/[C@H](O[C@@H]2O[C@H](C)[C@@H](O)[C@H](N)[C@@H]2O)CC2O[C@](O)(CC(O)CC(O)[C@H](O)CC[C@@H](O)CC(O)CC(=O)O[C@H]1C)CC1OC(=O)N[C@H]12. The fraction of sp³-hybridized carbons (Fsp3) is 0.660. The maximum absolute atomic E-state index is 12.6. The average molecular weight is 921 g/mol. The van der Waals surface area contributed by atoms with Crippen LogP contribution in [0.5, 0.6) is 0 Å². The van der Waals surface area contributed by atoms with Gasteiger partial charge in [-0.15, -0.1) is 0 Å². The highest BCUT2D eigenvalue weighted by Crippen LogP contribution is 2.38. The molecule has 5 unspecified atom stereocenters. The molecule has 0 aliphatic carbocycles. The number of aliphatic hydroxyl groups excluding tert-OH is 8. The highest BCUT2D eigenvalue weighted by Gasteiger charge is 2.53. The summed E-state index contributed by atoms with van der Waals surface area (Å²) < 4.78 is 29.1. The van der Waals surface area contributed by atoms with E-state index in [-0.39, 0.29) is 38.0 Å². The Morgan fingerprint density at radius 2 is 1.25 bits per heavy atom. The van der Waals surface area contributed by atoms with Gasteiger partial charge in [-0.05, 0) is 33.1 Å². The van der Waals surface area contributed by atoms with Crippen LogP contribution < -0.4 is 11.1 Å². The maximum atomic E-state index is 12.6. The molecule has 12 N–H and O–H groups in total. The van der Waals surface area contributed by atoms with E-state index in [0.717, 1.165) is 0 Å². The van der Waals surface area contributed by atoms with Crippen molar-refractivity contribution >= 4 is 12.1 Å². The molecule has 366 valence electrons. The summed E-state index contributed by atoms with van der Waals surface area (Å²) in [5, 5.41) is 100. The van der Waals surface area contributed by atoms with Gasteiger partial charge in [0.1, 0.15) is 18.3 Å². The molecule has 0 spiro atoms. The van der Waals surface area contributed by atoms with Gasteiger partial charge in [0.25, 0.3) is 0 Å². The molecule has 3 fully saturated rings. The van der Waals surface area contributed by atoms with Gasteiger partial charge >= 0.3 is 12.1 Å². The Hall–Kier alpha value is -3.60. The molecule has 4 rings (SSSR count). The van der Waals surface area contributed by atoms with E-state index in [4.69, 9.17) is 29.4 Å². The summed E-state index contributed by atoms with van der Waals surface area (Å²) in [6, 6.07) is -1.84. The molecule has 2 bridgehead atoms. The minimum atomic E-state index is -2.09. The van der Waals surface area contributed by atoms with Crippen LogP contribution in [-0.2, 0) is 28.5 Å². The van der Waals surface area contributed by atoms with Gasteiger partial charge in [0.05, 0.1) is 79.5 Å². The fourth-order valence-corrected chi connectivity index (χ4v) is 8.23. The highest BCUT2D eigenvalue weighted by atomic mass is 16.7. The van der Waals surface area contributed by atoms with Crippen LogP contribution in [0.2, 0.25) is 0 Å². The smallest absolute Gasteiger partial charge is 0.407 e. The van der Waals surface area contributed by atoms with Gasteiger partial charge in [0.2, 0.25) is 0 Å². The summed E-state index contributed by atoms with van der Waals surface area (Å²) in [5.74, 6) is -3.50. The van der Waals surface area contributed by atoms with Crippen molar-refractivity contribution in [3.63, 3.8) is 0 Å². The lowest BCUT2D eigenvalue weighted by Crippen LogP contribution is -2.62. The number of carbonyl (C=O) groups is 2. The van der Waals surface area contributed by atoms with Crippen molar-refractivity contribution < 1.29 is 79.2 Å². The topological polar surface area (TPSA) is 300 Å². The summed E-state index contributed by atoms with van der Waals surface area (Å²) in [6.45, 7) is 6.84. The molecule has 0 saturated carbocycles. The normalized spacial score (nSPS) is 46.2. The van der Waals surface area contributed by atoms with Crippen LogP contribution in [0.3, 0.4) is 0 Å². The molecule has 0 aromatic heterocycles. The maximum Gasteiger partial charge on any atom is 0.407 e. The number of hydrogen-bond acceptors (Lipinski definition) is 17.